The van der Waals surface area contributed by atoms with Gasteiger partial charge in [0.25, 0.3) is 0 Å². The summed E-state index contributed by atoms with van der Waals surface area (Å²) in [6, 6.07) is 2.02. The zero-order chi connectivity index (χ0) is 11.5. The van der Waals surface area contributed by atoms with Gasteiger partial charge in [-0.1, -0.05) is 13.8 Å². The van der Waals surface area contributed by atoms with E-state index in [4.69, 9.17) is 0 Å². The van der Waals surface area contributed by atoms with Crippen molar-refractivity contribution in [3.05, 3.63) is 12.4 Å². The van der Waals surface area contributed by atoms with Crippen molar-refractivity contribution in [1.29, 1.82) is 0 Å². The summed E-state index contributed by atoms with van der Waals surface area (Å²) in [4.78, 5) is 10.9. The molecular weight excluding hydrogens is 200 g/mol. The van der Waals surface area contributed by atoms with E-state index in [9.17, 15) is 0 Å². The molecule has 0 amide bonds. The fraction of sp³-hybridized carbons (Fsp3) is 0.667. The molecule has 0 aliphatic carbocycles. The molecule has 0 spiro atoms. The van der Waals surface area contributed by atoms with Crippen LogP contribution < -0.4 is 10.2 Å². The summed E-state index contributed by atoms with van der Waals surface area (Å²) in [6.45, 7) is 6.82. The highest BCUT2D eigenvalue weighted by atomic mass is 15.2. The molecule has 0 aromatic carbocycles. The lowest BCUT2D eigenvalue weighted by Gasteiger charge is -2.35. The van der Waals surface area contributed by atoms with Gasteiger partial charge in [-0.05, 0) is 18.3 Å². The fourth-order valence-electron chi connectivity index (χ4n) is 2.51. The second kappa shape index (κ2) is 4.68. The summed E-state index contributed by atoms with van der Waals surface area (Å²) in [7, 11) is 1.88. The quantitative estimate of drug-likeness (QED) is 0.827. The number of aromatic nitrogens is 2. The summed E-state index contributed by atoms with van der Waals surface area (Å²) in [5, 5.41) is 3.05. The number of piperidine rings is 1. The van der Waals surface area contributed by atoms with E-state index in [1.807, 2.05) is 13.1 Å². The molecule has 88 valence electrons. The Morgan fingerprint density at radius 3 is 2.56 bits per heavy atom. The molecule has 1 fully saturated rings. The highest BCUT2D eigenvalue weighted by Crippen LogP contribution is 2.25. The minimum atomic E-state index is 0.747. The van der Waals surface area contributed by atoms with E-state index in [0.29, 0.717) is 0 Å². The van der Waals surface area contributed by atoms with Gasteiger partial charge in [0.15, 0.2) is 0 Å². The fourth-order valence-corrected chi connectivity index (χ4v) is 2.51. The maximum Gasteiger partial charge on any atom is 0.134 e. The predicted octanol–water partition coefficient (Wildman–Crippen LogP) is 2.00. The molecule has 0 radical (unpaired) electrons. The van der Waals surface area contributed by atoms with Crippen LogP contribution in [0.3, 0.4) is 0 Å². The summed E-state index contributed by atoms with van der Waals surface area (Å²) < 4.78 is 0. The molecule has 2 atom stereocenters. The van der Waals surface area contributed by atoms with Crippen LogP contribution in [0.2, 0.25) is 0 Å². The Morgan fingerprint density at radius 1 is 1.25 bits per heavy atom. The largest absolute Gasteiger partial charge is 0.373 e. The van der Waals surface area contributed by atoms with E-state index in [1.165, 1.54) is 6.42 Å². The van der Waals surface area contributed by atoms with Crippen molar-refractivity contribution in [3.8, 4) is 0 Å². The Bertz CT molecular complexity index is 343. The average Bonchev–Trinajstić information content (AvgIpc) is 2.28. The van der Waals surface area contributed by atoms with Gasteiger partial charge in [0.1, 0.15) is 18.0 Å². The van der Waals surface area contributed by atoms with Crippen LogP contribution >= 0.6 is 0 Å². The molecule has 2 rings (SSSR count). The van der Waals surface area contributed by atoms with Crippen molar-refractivity contribution in [2.75, 3.05) is 30.4 Å². The first-order valence-corrected chi connectivity index (χ1v) is 5.93. The summed E-state index contributed by atoms with van der Waals surface area (Å²) in [5.74, 6) is 3.42. The molecule has 4 heteroatoms. The first-order valence-electron chi connectivity index (χ1n) is 5.93. The monoisotopic (exact) mass is 220 g/mol. The van der Waals surface area contributed by atoms with Gasteiger partial charge in [-0.25, -0.2) is 9.97 Å². The molecule has 1 aliphatic rings. The molecule has 1 aliphatic heterocycles. The van der Waals surface area contributed by atoms with Crippen molar-refractivity contribution in [3.63, 3.8) is 0 Å². The number of anilines is 2. The first kappa shape index (κ1) is 11.2. The minimum absolute atomic E-state index is 0.747. The van der Waals surface area contributed by atoms with Gasteiger partial charge in [-0.2, -0.15) is 0 Å². The van der Waals surface area contributed by atoms with Crippen LogP contribution in [0.15, 0.2) is 12.4 Å². The Morgan fingerprint density at radius 2 is 1.94 bits per heavy atom. The number of hydrogen-bond acceptors (Lipinski definition) is 4. The average molecular weight is 220 g/mol. The van der Waals surface area contributed by atoms with E-state index in [1.54, 1.807) is 6.33 Å². The van der Waals surface area contributed by atoms with Crippen molar-refractivity contribution in [2.45, 2.75) is 20.3 Å². The zero-order valence-corrected chi connectivity index (χ0v) is 10.3. The lowest BCUT2D eigenvalue weighted by molar-refractivity contribution is 0.355. The Labute approximate surface area is 97.1 Å². The molecule has 0 saturated carbocycles. The van der Waals surface area contributed by atoms with Crippen molar-refractivity contribution >= 4 is 11.6 Å². The predicted molar refractivity (Wildman–Crippen MR) is 66.7 cm³/mol. The van der Waals surface area contributed by atoms with Crippen LogP contribution in [-0.4, -0.2) is 30.1 Å². The smallest absolute Gasteiger partial charge is 0.134 e. The van der Waals surface area contributed by atoms with Crippen LogP contribution in [0.5, 0.6) is 0 Å². The number of hydrogen-bond donors (Lipinski definition) is 1. The van der Waals surface area contributed by atoms with E-state index < -0.39 is 0 Å². The highest BCUT2D eigenvalue weighted by molar-refractivity contribution is 5.48. The van der Waals surface area contributed by atoms with E-state index >= 15 is 0 Å². The third kappa shape index (κ3) is 2.43. The number of nitrogens with one attached hydrogen (secondary N) is 1. The molecule has 0 unspecified atom stereocenters. The van der Waals surface area contributed by atoms with Crippen LogP contribution in [0, 0.1) is 11.8 Å². The van der Waals surface area contributed by atoms with Gasteiger partial charge in [0.05, 0.1) is 0 Å². The molecule has 1 aromatic heterocycles. The highest BCUT2D eigenvalue weighted by Gasteiger charge is 2.22. The molecule has 1 aromatic rings. The molecular formula is C12H20N4. The van der Waals surface area contributed by atoms with Crippen LogP contribution in [-0.2, 0) is 0 Å². The van der Waals surface area contributed by atoms with Crippen molar-refractivity contribution in [2.24, 2.45) is 11.8 Å². The van der Waals surface area contributed by atoms with Gasteiger partial charge in [0.2, 0.25) is 0 Å². The summed E-state index contributed by atoms with van der Waals surface area (Å²) >= 11 is 0. The topological polar surface area (TPSA) is 41.0 Å². The maximum atomic E-state index is 4.35. The van der Waals surface area contributed by atoms with Gasteiger partial charge < -0.3 is 10.2 Å². The third-order valence-electron chi connectivity index (χ3n) is 3.10. The van der Waals surface area contributed by atoms with E-state index in [-0.39, 0.29) is 0 Å². The molecule has 1 saturated heterocycles. The molecule has 2 heterocycles. The van der Waals surface area contributed by atoms with Crippen LogP contribution in [0.1, 0.15) is 20.3 Å². The van der Waals surface area contributed by atoms with Crippen molar-refractivity contribution < 1.29 is 0 Å². The Balaban J connectivity index is 2.16. The molecule has 1 N–H and O–H groups in total. The van der Waals surface area contributed by atoms with E-state index in [2.05, 4.69) is 34.0 Å². The standard InChI is InChI=1S/C12H20N4/c1-9-4-10(2)7-16(6-9)12-5-11(13-3)14-8-15-12/h5,8-10H,4,6-7H2,1-3H3,(H,13,14,15)/t9-,10-/m1/s1. The second-order valence-electron chi connectivity index (χ2n) is 4.86. The number of nitrogens with zero attached hydrogens (tertiary/aromatic N) is 3. The van der Waals surface area contributed by atoms with Gasteiger partial charge in [0, 0.05) is 26.2 Å². The van der Waals surface area contributed by atoms with Crippen molar-refractivity contribution in [1.82, 2.24) is 9.97 Å². The lowest BCUT2D eigenvalue weighted by atomic mass is 9.92. The Kier molecular flexibility index (Phi) is 3.27. The summed E-state index contributed by atoms with van der Waals surface area (Å²) in [6.07, 6.45) is 2.95. The minimum Gasteiger partial charge on any atom is -0.373 e. The lowest BCUT2D eigenvalue weighted by Crippen LogP contribution is -2.39. The van der Waals surface area contributed by atoms with Gasteiger partial charge >= 0.3 is 0 Å². The second-order valence-corrected chi connectivity index (χ2v) is 4.86. The SMILES string of the molecule is CNc1cc(N2C[C@H](C)C[C@@H](C)C2)ncn1. The molecule has 4 nitrogen and oxygen atoms in total. The van der Waals surface area contributed by atoms with Gasteiger partial charge in [-0.3, -0.25) is 0 Å². The molecule has 0 bridgehead atoms. The number of rotatable bonds is 2. The summed E-state index contributed by atoms with van der Waals surface area (Å²) in [5.41, 5.74) is 0. The normalized spacial score (nSPS) is 25.6. The first-order chi connectivity index (χ1) is 7.69. The maximum absolute atomic E-state index is 4.35. The Hall–Kier alpha value is -1.32. The van der Waals surface area contributed by atoms with Crippen LogP contribution in [0.25, 0.3) is 0 Å². The van der Waals surface area contributed by atoms with E-state index in [0.717, 1.165) is 36.6 Å². The van der Waals surface area contributed by atoms with Crippen LogP contribution in [0.4, 0.5) is 11.6 Å². The van der Waals surface area contributed by atoms with Gasteiger partial charge in [-0.15, -0.1) is 0 Å². The molecule has 16 heavy (non-hydrogen) atoms. The zero-order valence-electron chi connectivity index (χ0n) is 10.3. The third-order valence-corrected chi connectivity index (χ3v) is 3.10.